The van der Waals surface area contributed by atoms with Crippen molar-refractivity contribution in [3.8, 4) is 16.9 Å². The van der Waals surface area contributed by atoms with E-state index in [1.807, 2.05) is 24.3 Å². The summed E-state index contributed by atoms with van der Waals surface area (Å²) in [5.74, 6) is -0.165. The predicted molar refractivity (Wildman–Crippen MR) is 80.0 cm³/mol. The summed E-state index contributed by atoms with van der Waals surface area (Å²) in [5.41, 5.74) is 2.18. The summed E-state index contributed by atoms with van der Waals surface area (Å²) in [6, 6.07) is 13.8. The van der Waals surface area contributed by atoms with Crippen LogP contribution in [-0.4, -0.2) is 19.5 Å². The Bertz CT molecular complexity index is 648. The number of rotatable bonds is 3. The van der Waals surface area contributed by atoms with Crippen molar-refractivity contribution >= 4 is 5.69 Å². The van der Waals surface area contributed by atoms with E-state index in [2.05, 4.69) is 9.64 Å². The SMILES string of the molecule is FC(F)(F)Oc1ccccc1-c1ccccc1N1CCCC1. The maximum absolute atomic E-state index is 12.6. The molecule has 0 bridgehead atoms. The van der Waals surface area contributed by atoms with Crippen molar-refractivity contribution < 1.29 is 17.9 Å². The molecule has 0 saturated carbocycles. The van der Waals surface area contributed by atoms with Crippen molar-refractivity contribution in [1.82, 2.24) is 0 Å². The fourth-order valence-corrected chi connectivity index (χ4v) is 2.84. The average Bonchev–Trinajstić information content (AvgIpc) is 3.00. The molecule has 0 aromatic heterocycles. The van der Waals surface area contributed by atoms with Gasteiger partial charge < -0.3 is 9.64 Å². The number of halogens is 3. The molecule has 1 aliphatic rings. The van der Waals surface area contributed by atoms with E-state index in [4.69, 9.17) is 0 Å². The van der Waals surface area contributed by atoms with Crippen LogP contribution in [0.2, 0.25) is 0 Å². The second-order valence-corrected chi connectivity index (χ2v) is 5.26. The normalized spacial score (nSPS) is 15.1. The van der Waals surface area contributed by atoms with Gasteiger partial charge in [-0.15, -0.1) is 13.2 Å². The molecule has 0 unspecified atom stereocenters. The van der Waals surface area contributed by atoms with Crippen molar-refractivity contribution in [3.05, 3.63) is 48.5 Å². The fraction of sp³-hybridized carbons (Fsp3) is 0.294. The lowest BCUT2D eigenvalue weighted by molar-refractivity contribution is -0.274. The van der Waals surface area contributed by atoms with Gasteiger partial charge in [-0.1, -0.05) is 36.4 Å². The van der Waals surface area contributed by atoms with Crippen molar-refractivity contribution in [2.45, 2.75) is 19.2 Å². The third kappa shape index (κ3) is 3.18. The molecule has 0 spiro atoms. The highest BCUT2D eigenvalue weighted by molar-refractivity contribution is 5.82. The molecule has 0 atom stereocenters. The fourth-order valence-electron chi connectivity index (χ4n) is 2.84. The first-order valence-electron chi connectivity index (χ1n) is 7.24. The van der Waals surface area contributed by atoms with Gasteiger partial charge in [0.05, 0.1) is 0 Å². The Labute approximate surface area is 127 Å². The topological polar surface area (TPSA) is 12.5 Å². The van der Waals surface area contributed by atoms with Crippen LogP contribution in [0.3, 0.4) is 0 Å². The first kappa shape index (κ1) is 14.8. The van der Waals surface area contributed by atoms with Gasteiger partial charge in [0.25, 0.3) is 0 Å². The molecule has 0 radical (unpaired) electrons. The number of hydrogen-bond donors (Lipinski definition) is 0. The third-order valence-corrected chi connectivity index (χ3v) is 3.75. The summed E-state index contributed by atoms with van der Waals surface area (Å²) in [6.45, 7) is 1.86. The molecule has 2 aromatic rings. The molecule has 2 aromatic carbocycles. The van der Waals surface area contributed by atoms with E-state index in [1.165, 1.54) is 6.07 Å². The zero-order valence-electron chi connectivity index (χ0n) is 11.9. The van der Waals surface area contributed by atoms with Crippen molar-refractivity contribution in [3.63, 3.8) is 0 Å². The molecule has 22 heavy (non-hydrogen) atoms. The first-order chi connectivity index (χ1) is 10.5. The summed E-state index contributed by atoms with van der Waals surface area (Å²) in [4.78, 5) is 2.21. The number of benzene rings is 2. The highest BCUT2D eigenvalue weighted by atomic mass is 19.4. The zero-order chi connectivity index (χ0) is 15.6. The molecule has 1 heterocycles. The van der Waals surface area contributed by atoms with Crippen LogP contribution in [0.15, 0.2) is 48.5 Å². The predicted octanol–water partition coefficient (Wildman–Crippen LogP) is 4.85. The molecule has 1 fully saturated rings. The van der Waals surface area contributed by atoms with E-state index >= 15 is 0 Å². The Kier molecular flexibility index (Phi) is 3.96. The second-order valence-electron chi connectivity index (χ2n) is 5.26. The smallest absolute Gasteiger partial charge is 0.405 e. The highest BCUT2D eigenvalue weighted by Gasteiger charge is 2.32. The Morgan fingerprint density at radius 1 is 0.818 bits per heavy atom. The summed E-state index contributed by atoms with van der Waals surface area (Å²) in [6.07, 6.45) is -2.48. The van der Waals surface area contributed by atoms with E-state index in [9.17, 15) is 13.2 Å². The molecular formula is C17H16F3NO. The van der Waals surface area contributed by atoms with Crippen LogP contribution < -0.4 is 9.64 Å². The van der Waals surface area contributed by atoms with Crippen LogP contribution >= 0.6 is 0 Å². The molecule has 1 saturated heterocycles. The largest absolute Gasteiger partial charge is 0.573 e. The van der Waals surface area contributed by atoms with Gasteiger partial charge in [0.2, 0.25) is 0 Å². The molecule has 116 valence electrons. The van der Waals surface area contributed by atoms with Crippen LogP contribution in [0.4, 0.5) is 18.9 Å². The number of nitrogens with zero attached hydrogens (tertiary/aromatic N) is 1. The maximum atomic E-state index is 12.6. The van der Waals surface area contributed by atoms with E-state index in [-0.39, 0.29) is 5.75 Å². The quantitative estimate of drug-likeness (QED) is 0.803. The number of anilines is 1. The van der Waals surface area contributed by atoms with Gasteiger partial charge in [0.1, 0.15) is 5.75 Å². The standard InChI is InChI=1S/C17H16F3NO/c18-17(19,20)22-16-10-4-2-8-14(16)13-7-1-3-9-15(13)21-11-5-6-12-21/h1-4,7-10H,5-6,11-12H2. The summed E-state index contributed by atoms with van der Waals surface area (Å²) in [7, 11) is 0. The minimum atomic E-state index is -4.70. The van der Waals surface area contributed by atoms with E-state index in [0.717, 1.165) is 37.2 Å². The lowest BCUT2D eigenvalue weighted by atomic mass is 10.0. The minimum Gasteiger partial charge on any atom is -0.405 e. The van der Waals surface area contributed by atoms with E-state index < -0.39 is 6.36 Å². The number of hydrogen-bond acceptors (Lipinski definition) is 2. The average molecular weight is 307 g/mol. The highest BCUT2D eigenvalue weighted by Crippen LogP contribution is 2.39. The zero-order valence-corrected chi connectivity index (χ0v) is 11.9. The third-order valence-electron chi connectivity index (χ3n) is 3.75. The van der Waals surface area contributed by atoms with Crippen molar-refractivity contribution in [1.29, 1.82) is 0 Å². The Hall–Kier alpha value is -2.17. The summed E-state index contributed by atoms with van der Waals surface area (Å²) < 4.78 is 42.0. The van der Waals surface area contributed by atoms with Gasteiger partial charge in [-0.2, -0.15) is 0 Å². The van der Waals surface area contributed by atoms with Crippen molar-refractivity contribution in [2.24, 2.45) is 0 Å². The maximum Gasteiger partial charge on any atom is 0.573 e. The lowest BCUT2D eigenvalue weighted by Gasteiger charge is -2.22. The van der Waals surface area contributed by atoms with E-state index in [1.54, 1.807) is 18.2 Å². The molecular weight excluding hydrogens is 291 g/mol. The van der Waals surface area contributed by atoms with Crippen LogP contribution in [0.25, 0.3) is 11.1 Å². The second kappa shape index (κ2) is 5.91. The van der Waals surface area contributed by atoms with Gasteiger partial charge in [0.15, 0.2) is 0 Å². The number of alkyl halides is 3. The summed E-state index contributed by atoms with van der Waals surface area (Å²) >= 11 is 0. The number of ether oxygens (including phenoxy) is 1. The molecule has 0 amide bonds. The summed E-state index contributed by atoms with van der Waals surface area (Å²) in [5, 5.41) is 0. The van der Waals surface area contributed by atoms with Crippen LogP contribution in [-0.2, 0) is 0 Å². The van der Waals surface area contributed by atoms with Gasteiger partial charge in [-0.25, -0.2) is 0 Å². The molecule has 5 heteroatoms. The molecule has 2 nitrogen and oxygen atoms in total. The van der Waals surface area contributed by atoms with Crippen LogP contribution in [0.1, 0.15) is 12.8 Å². The first-order valence-corrected chi connectivity index (χ1v) is 7.24. The Morgan fingerprint density at radius 3 is 2.09 bits per heavy atom. The lowest BCUT2D eigenvalue weighted by Crippen LogP contribution is -2.19. The van der Waals surface area contributed by atoms with Gasteiger partial charge >= 0.3 is 6.36 Å². The van der Waals surface area contributed by atoms with Crippen molar-refractivity contribution in [2.75, 3.05) is 18.0 Å². The van der Waals surface area contributed by atoms with Crippen LogP contribution in [0.5, 0.6) is 5.75 Å². The Morgan fingerprint density at radius 2 is 1.41 bits per heavy atom. The van der Waals surface area contributed by atoms with Crippen LogP contribution in [0, 0.1) is 0 Å². The molecule has 0 N–H and O–H groups in total. The number of para-hydroxylation sites is 2. The van der Waals surface area contributed by atoms with Gasteiger partial charge in [-0.3, -0.25) is 0 Å². The molecule has 0 aliphatic carbocycles. The van der Waals surface area contributed by atoms with Gasteiger partial charge in [0, 0.05) is 29.9 Å². The molecule has 3 rings (SSSR count). The van der Waals surface area contributed by atoms with E-state index in [0.29, 0.717) is 5.56 Å². The monoisotopic (exact) mass is 307 g/mol. The molecule has 1 aliphatic heterocycles. The van der Waals surface area contributed by atoms with Gasteiger partial charge in [-0.05, 0) is 25.0 Å². The Balaban J connectivity index is 2.04. The minimum absolute atomic E-state index is 0.165.